The number of anilines is 1. The highest BCUT2D eigenvalue weighted by atomic mass is 79.9. The molecule has 8 heteroatoms. The summed E-state index contributed by atoms with van der Waals surface area (Å²) in [5.74, 6) is -1.07. The number of nitro benzene ring substituents is 1. The van der Waals surface area contributed by atoms with Gasteiger partial charge in [0.1, 0.15) is 10.8 Å². The summed E-state index contributed by atoms with van der Waals surface area (Å²) < 4.78 is 13.6. The van der Waals surface area contributed by atoms with Crippen molar-refractivity contribution in [2.75, 3.05) is 5.32 Å². The van der Waals surface area contributed by atoms with Crippen LogP contribution in [0.2, 0.25) is 5.02 Å². The van der Waals surface area contributed by atoms with E-state index >= 15 is 0 Å². The summed E-state index contributed by atoms with van der Waals surface area (Å²) in [6.07, 6.45) is 0. The first-order valence-electron chi connectivity index (χ1n) is 5.59. The van der Waals surface area contributed by atoms with E-state index in [0.29, 0.717) is 0 Å². The van der Waals surface area contributed by atoms with Crippen LogP contribution in [-0.2, 0) is 0 Å². The molecular formula is C13H7BrClFN2O3. The Morgan fingerprint density at radius 1 is 1.29 bits per heavy atom. The second-order valence-corrected chi connectivity index (χ2v) is 5.27. The zero-order chi connectivity index (χ0) is 15.6. The van der Waals surface area contributed by atoms with Gasteiger partial charge in [-0.1, -0.05) is 11.6 Å². The molecule has 0 aliphatic heterocycles. The number of nitrogens with zero attached hydrogens (tertiary/aromatic N) is 1. The molecule has 2 aromatic rings. The Hall–Kier alpha value is -1.99. The Bertz CT molecular complexity index is 739. The number of carbonyl (C=O) groups is 1. The van der Waals surface area contributed by atoms with Gasteiger partial charge in [-0.05, 0) is 46.3 Å². The van der Waals surface area contributed by atoms with Crippen LogP contribution in [0.4, 0.5) is 15.8 Å². The van der Waals surface area contributed by atoms with Crippen molar-refractivity contribution in [3.63, 3.8) is 0 Å². The summed E-state index contributed by atoms with van der Waals surface area (Å²) in [4.78, 5) is 22.0. The van der Waals surface area contributed by atoms with Crippen LogP contribution in [0.5, 0.6) is 0 Å². The highest BCUT2D eigenvalue weighted by molar-refractivity contribution is 9.10. The molecule has 0 aliphatic rings. The van der Waals surface area contributed by atoms with E-state index in [2.05, 4.69) is 21.2 Å². The Kier molecular flexibility index (Phi) is 4.54. The highest BCUT2D eigenvalue weighted by Gasteiger charge is 2.15. The van der Waals surface area contributed by atoms with Crippen molar-refractivity contribution in [3.8, 4) is 0 Å². The third-order valence-corrected chi connectivity index (χ3v) is 3.53. The number of hydrogen-bond donors (Lipinski definition) is 1. The third-order valence-electron chi connectivity index (χ3n) is 2.58. The molecule has 0 heterocycles. The first kappa shape index (κ1) is 15.4. The van der Waals surface area contributed by atoms with E-state index in [0.717, 1.165) is 12.1 Å². The van der Waals surface area contributed by atoms with E-state index in [-0.39, 0.29) is 26.4 Å². The molecule has 1 amide bonds. The zero-order valence-electron chi connectivity index (χ0n) is 10.3. The molecule has 0 aliphatic carbocycles. The Morgan fingerprint density at radius 3 is 2.57 bits per heavy atom. The SMILES string of the molecule is O=C(Nc1ccc(Br)c(F)c1)c1ccc([N+](=O)[O-])c(Cl)c1. The van der Waals surface area contributed by atoms with Crippen molar-refractivity contribution in [1.82, 2.24) is 0 Å². The highest BCUT2D eigenvalue weighted by Crippen LogP contribution is 2.26. The molecule has 0 saturated carbocycles. The molecular weight excluding hydrogens is 367 g/mol. The number of hydrogen-bond acceptors (Lipinski definition) is 3. The first-order valence-corrected chi connectivity index (χ1v) is 6.76. The fraction of sp³-hybridized carbons (Fsp3) is 0. The fourth-order valence-electron chi connectivity index (χ4n) is 1.57. The summed E-state index contributed by atoms with van der Waals surface area (Å²) in [7, 11) is 0. The molecule has 5 nitrogen and oxygen atoms in total. The van der Waals surface area contributed by atoms with Gasteiger partial charge < -0.3 is 5.32 Å². The van der Waals surface area contributed by atoms with Crippen LogP contribution in [0.25, 0.3) is 0 Å². The molecule has 21 heavy (non-hydrogen) atoms. The number of halogens is 3. The number of amides is 1. The van der Waals surface area contributed by atoms with Crippen molar-refractivity contribution < 1.29 is 14.1 Å². The minimum Gasteiger partial charge on any atom is -0.322 e. The molecule has 2 aromatic carbocycles. The lowest BCUT2D eigenvalue weighted by atomic mass is 10.2. The summed E-state index contributed by atoms with van der Waals surface area (Å²) in [6, 6.07) is 7.71. The van der Waals surface area contributed by atoms with Gasteiger partial charge in [0.2, 0.25) is 0 Å². The zero-order valence-corrected chi connectivity index (χ0v) is 12.6. The molecule has 0 aromatic heterocycles. The molecule has 0 bridgehead atoms. The predicted molar refractivity (Wildman–Crippen MR) is 80.2 cm³/mol. The lowest BCUT2D eigenvalue weighted by Gasteiger charge is -2.06. The second-order valence-electron chi connectivity index (χ2n) is 4.01. The topological polar surface area (TPSA) is 72.2 Å². The molecule has 0 atom stereocenters. The second kappa shape index (κ2) is 6.19. The standard InChI is InChI=1S/C13H7BrClFN2O3/c14-9-3-2-8(6-11(9)16)17-13(19)7-1-4-12(18(20)21)10(15)5-7/h1-6H,(H,17,19). The summed E-state index contributed by atoms with van der Waals surface area (Å²) >= 11 is 8.73. The van der Waals surface area contributed by atoms with E-state index < -0.39 is 16.6 Å². The molecule has 0 saturated heterocycles. The molecule has 0 radical (unpaired) electrons. The Balaban J connectivity index is 2.22. The monoisotopic (exact) mass is 372 g/mol. The van der Waals surface area contributed by atoms with Gasteiger partial charge in [-0.15, -0.1) is 0 Å². The Labute approximate surface area is 132 Å². The maximum Gasteiger partial charge on any atom is 0.287 e. The van der Waals surface area contributed by atoms with Crippen LogP contribution in [-0.4, -0.2) is 10.8 Å². The van der Waals surface area contributed by atoms with Crippen LogP contribution < -0.4 is 5.32 Å². The Morgan fingerprint density at radius 2 is 2.00 bits per heavy atom. The summed E-state index contributed by atoms with van der Waals surface area (Å²) in [6.45, 7) is 0. The van der Waals surface area contributed by atoms with Crippen molar-refractivity contribution in [2.45, 2.75) is 0 Å². The van der Waals surface area contributed by atoms with Crippen molar-refractivity contribution >= 4 is 44.8 Å². The van der Waals surface area contributed by atoms with Gasteiger partial charge in [0.25, 0.3) is 11.6 Å². The average molecular weight is 374 g/mol. The molecule has 1 N–H and O–H groups in total. The molecule has 108 valence electrons. The van der Waals surface area contributed by atoms with E-state index in [1.807, 2.05) is 0 Å². The third kappa shape index (κ3) is 3.56. The number of carbonyl (C=O) groups excluding carboxylic acids is 1. The van der Waals surface area contributed by atoms with E-state index in [1.165, 1.54) is 24.3 Å². The van der Waals surface area contributed by atoms with E-state index in [9.17, 15) is 19.3 Å². The molecule has 0 unspecified atom stereocenters. The van der Waals surface area contributed by atoms with Gasteiger partial charge in [0.05, 0.1) is 9.40 Å². The fourth-order valence-corrected chi connectivity index (χ4v) is 2.07. The summed E-state index contributed by atoms with van der Waals surface area (Å²) in [5.41, 5.74) is 0.104. The maximum atomic E-state index is 13.3. The van der Waals surface area contributed by atoms with Crippen molar-refractivity contribution in [3.05, 3.63) is 67.4 Å². The molecule has 0 spiro atoms. The van der Waals surface area contributed by atoms with Crippen LogP contribution in [0, 0.1) is 15.9 Å². The van der Waals surface area contributed by atoms with E-state index in [4.69, 9.17) is 11.6 Å². The quantitative estimate of drug-likeness (QED) is 0.640. The minimum absolute atomic E-state index is 0.133. The number of rotatable bonds is 3. The number of benzene rings is 2. The van der Waals surface area contributed by atoms with Crippen molar-refractivity contribution in [2.24, 2.45) is 0 Å². The van der Waals surface area contributed by atoms with Gasteiger partial charge in [-0.2, -0.15) is 0 Å². The molecule has 2 rings (SSSR count). The van der Waals surface area contributed by atoms with E-state index in [1.54, 1.807) is 0 Å². The number of nitro groups is 1. The number of nitrogens with one attached hydrogen (secondary N) is 1. The van der Waals surface area contributed by atoms with Gasteiger partial charge in [-0.25, -0.2) is 4.39 Å². The minimum atomic E-state index is -0.645. The van der Waals surface area contributed by atoms with Gasteiger partial charge in [-0.3, -0.25) is 14.9 Å². The smallest absolute Gasteiger partial charge is 0.287 e. The first-order chi connectivity index (χ1) is 9.88. The summed E-state index contributed by atoms with van der Waals surface area (Å²) in [5, 5.41) is 13.0. The van der Waals surface area contributed by atoms with Gasteiger partial charge in [0.15, 0.2) is 0 Å². The largest absolute Gasteiger partial charge is 0.322 e. The van der Waals surface area contributed by atoms with Gasteiger partial charge >= 0.3 is 0 Å². The maximum absolute atomic E-state index is 13.3. The van der Waals surface area contributed by atoms with Crippen LogP contribution in [0.1, 0.15) is 10.4 Å². The van der Waals surface area contributed by atoms with Gasteiger partial charge in [0, 0.05) is 17.3 Å². The van der Waals surface area contributed by atoms with Crippen LogP contribution >= 0.6 is 27.5 Å². The lowest BCUT2D eigenvalue weighted by Crippen LogP contribution is -2.12. The average Bonchev–Trinajstić information content (AvgIpc) is 2.42. The van der Waals surface area contributed by atoms with Crippen LogP contribution in [0.3, 0.4) is 0 Å². The molecule has 0 fully saturated rings. The lowest BCUT2D eigenvalue weighted by molar-refractivity contribution is -0.384. The normalized spacial score (nSPS) is 10.2. The van der Waals surface area contributed by atoms with Crippen LogP contribution in [0.15, 0.2) is 40.9 Å². The predicted octanol–water partition coefficient (Wildman–Crippen LogP) is 4.40. The van der Waals surface area contributed by atoms with Crippen molar-refractivity contribution in [1.29, 1.82) is 0 Å².